The normalized spacial score (nSPS) is 17.3. The number of nitrogens with zero attached hydrogens (tertiary/aromatic N) is 2. The number of amides is 3. The Bertz CT molecular complexity index is 510. The molecule has 0 saturated carbocycles. The van der Waals surface area contributed by atoms with Crippen LogP contribution in [0.2, 0.25) is 0 Å². The molecule has 0 spiro atoms. The predicted molar refractivity (Wildman–Crippen MR) is 92.3 cm³/mol. The zero-order chi connectivity index (χ0) is 16.8. The average molecular weight is 338 g/mol. The highest BCUT2D eigenvalue weighted by Gasteiger charge is 2.24. The summed E-state index contributed by atoms with van der Waals surface area (Å²) in [6.45, 7) is 1.97. The minimum atomic E-state index is -0.252. The van der Waals surface area contributed by atoms with Crippen molar-refractivity contribution in [2.75, 3.05) is 33.7 Å². The van der Waals surface area contributed by atoms with E-state index in [2.05, 4.69) is 21.7 Å². The monoisotopic (exact) mass is 338 g/mol. The molecule has 1 fully saturated rings. The van der Waals surface area contributed by atoms with Crippen molar-refractivity contribution in [3.05, 3.63) is 22.4 Å². The van der Waals surface area contributed by atoms with E-state index in [0.717, 1.165) is 12.8 Å². The van der Waals surface area contributed by atoms with Gasteiger partial charge in [-0.05, 0) is 44.3 Å². The summed E-state index contributed by atoms with van der Waals surface area (Å²) in [6.07, 6.45) is 2.12. The molecule has 1 aliphatic heterocycles. The molecular weight excluding hydrogens is 312 g/mol. The third-order valence-corrected chi connectivity index (χ3v) is 5.31. The Balaban J connectivity index is 1.79. The average Bonchev–Trinajstić information content (AvgIpc) is 3.01. The maximum absolute atomic E-state index is 12.3. The van der Waals surface area contributed by atoms with Crippen LogP contribution in [0.5, 0.6) is 0 Å². The Morgan fingerprint density at radius 3 is 2.65 bits per heavy atom. The molecule has 2 heterocycles. The van der Waals surface area contributed by atoms with Crippen LogP contribution in [0.3, 0.4) is 0 Å². The summed E-state index contributed by atoms with van der Waals surface area (Å²) in [5, 5.41) is 5.09. The van der Waals surface area contributed by atoms with E-state index in [4.69, 9.17) is 5.73 Å². The Kier molecular flexibility index (Phi) is 6.41. The van der Waals surface area contributed by atoms with Gasteiger partial charge in [-0.25, -0.2) is 4.79 Å². The first-order chi connectivity index (χ1) is 11.0. The van der Waals surface area contributed by atoms with Gasteiger partial charge in [-0.1, -0.05) is 6.07 Å². The van der Waals surface area contributed by atoms with Crippen molar-refractivity contribution < 1.29 is 9.59 Å². The number of hydrogen-bond acceptors (Lipinski definition) is 4. The number of nitrogens with two attached hydrogens (primary N) is 1. The second kappa shape index (κ2) is 8.31. The molecule has 1 saturated heterocycles. The fourth-order valence-electron chi connectivity index (χ4n) is 2.94. The van der Waals surface area contributed by atoms with Crippen LogP contribution in [0.15, 0.2) is 17.5 Å². The van der Waals surface area contributed by atoms with E-state index in [0.29, 0.717) is 32.0 Å². The van der Waals surface area contributed by atoms with E-state index >= 15 is 0 Å². The SMILES string of the molecule is CN(C)[C@H](CNC(=O)N1CCC(CC(N)=O)CC1)c1cccs1. The fraction of sp³-hybridized carbons (Fsp3) is 0.625. The highest BCUT2D eigenvalue weighted by Crippen LogP contribution is 2.23. The van der Waals surface area contributed by atoms with E-state index in [9.17, 15) is 9.59 Å². The van der Waals surface area contributed by atoms with Gasteiger partial charge in [0, 0.05) is 30.9 Å². The smallest absolute Gasteiger partial charge is 0.317 e. The van der Waals surface area contributed by atoms with Crippen LogP contribution in [-0.4, -0.2) is 55.5 Å². The fourth-order valence-corrected chi connectivity index (χ4v) is 3.86. The van der Waals surface area contributed by atoms with Gasteiger partial charge in [0.05, 0.1) is 6.04 Å². The van der Waals surface area contributed by atoms with E-state index in [-0.39, 0.29) is 18.0 Å². The molecular formula is C16H26N4O2S. The molecule has 6 nitrogen and oxygen atoms in total. The largest absolute Gasteiger partial charge is 0.370 e. The number of likely N-dealkylation sites (N-methyl/N-ethyl adjacent to an activating group) is 1. The van der Waals surface area contributed by atoms with Crippen molar-refractivity contribution in [3.63, 3.8) is 0 Å². The molecule has 1 aromatic heterocycles. The molecule has 23 heavy (non-hydrogen) atoms. The van der Waals surface area contributed by atoms with Crippen molar-refractivity contribution in [1.29, 1.82) is 0 Å². The van der Waals surface area contributed by atoms with Crippen molar-refractivity contribution in [2.24, 2.45) is 11.7 Å². The third-order valence-electron chi connectivity index (χ3n) is 4.33. The Hall–Kier alpha value is -1.60. The van der Waals surface area contributed by atoms with Gasteiger partial charge in [-0.15, -0.1) is 11.3 Å². The maximum atomic E-state index is 12.3. The number of thiophene rings is 1. The lowest BCUT2D eigenvalue weighted by molar-refractivity contribution is -0.119. The minimum Gasteiger partial charge on any atom is -0.370 e. The van der Waals surface area contributed by atoms with Crippen LogP contribution in [0.25, 0.3) is 0 Å². The highest BCUT2D eigenvalue weighted by atomic mass is 32.1. The number of likely N-dealkylation sites (tertiary alicyclic amines) is 1. The summed E-state index contributed by atoms with van der Waals surface area (Å²) in [5.41, 5.74) is 5.24. The number of nitrogens with one attached hydrogen (secondary N) is 1. The van der Waals surface area contributed by atoms with Crippen LogP contribution in [0, 0.1) is 5.92 Å². The van der Waals surface area contributed by atoms with Gasteiger partial charge in [0.2, 0.25) is 5.91 Å². The summed E-state index contributed by atoms with van der Waals surface area (Å²) >= 11 is 1.70. The van der Waals surface area contributed by atoms with Gasteiger partial charge >= 0.3 is 6.03 Å². The number of urea groups is 1. The minimum absolute atomic E-state index is 0.0223. The number of carbonyl (C=O) groups excluding carboxylic acids is 2. The van der Waals surface area contributed by atoms with Gasteiger partial charge in [-0.2, -0.15) is 0 Å². The molecule has 1 aromatic rings. The second-order valence-electron chi connectivity index (χ2n) is 6.28. The van der Waals surface area contributed by atoms with Crippen LogP contribution in [0.1, 0.15) is 30.2 Å². The van der Waals surface area contributed by atoms with Gasteiger partial charge < -0.3 is 20.9 Å². The molecule has 1 atom stereocenters. The van der Waals surface area contributed by atoms with Gasteiger partial charge in [0.1, 0.15) is 0 Å². The van der Waals surface area contributed by atoms with Crippen molar-refractivity contribution in [3.8, 4) is 0 Å². The van der Waals surface area contributed by atoms with Crippen molar-refractivity contribution >= 4 is 23.3 Å². The lowest BCUT2D eigenvalue weighted by Gasteiger charge is -2.32. The van der Waals surface area contributed by atoms with E-state index < -0.39 is 0 Å². The lowest BCUT2D eigenvalue weighted by Crippen LogP contribution is -2.46. The quantitative estimate of drug-likeness (QED) is 0.828. The van der Waals surface area contributed by atoms with E-state index in [1.54, 1.807) is 11.3 Å². The van der Waals surface area contributed by atoms with Crippen LogP contribution in [0.4, 0.5) is 4.79 Å². The van der Waals surface area contributed by atoms with Crippen molar-refractivity contribution in [2.45, 2.75) is 25.3 Å². The zero-order valence-electron chi connectivity index (χ0n) is 13.8. The molecule has 2 rings (SSSR count). The number of carbonyl (C=O) groups is 2. The van der Waals surface area contributed by atoms with Gasteiger partial charge in [-0.3, -0.25) is 4.79 Å². The highest BCUT2D eigenvalue weighted by molar-refractivity contribution is 7.10. The molecule has 7 heteroatoms. The molecule has 128 valence electrons. The first-order valence-corrected chi connectivity index (χ1v) is 8.86. The molecule has 3 N–H and O–H groups in total. The lowest BCUT2D eigenvalue weighted by atomic mass is 9.93. The summed E-state index contributed by atoms with van der Waals surface area (Å²) < 4.78 is 0. The maximum Gasteiger partial charge on any atom is 0.317 e. The zero-order valence-corrected chi connectivity index (χ0v) is 14.6. The van der Waals surface area contributed by atoms with Gasteiger partial charge in [0.25, 0.3) is 0 Å². The Morgan fingerprint density at radius 1 is 1.43 bits per heavy atom. The standard InChI is InChI=1S/C16H26N4O2S/c1-19(2)13(14-4-3-9-23-14)11-18-16(22)20-7-5-12(6-8-20)10-15(17)21/h3-4,9,12-13H,5-8,10-11H2,1-2H3,(H2,17,21)(H,18,22)/t13-/m1/s1. The number of primary amides is 1. The van der Waals surface area contributed by atoms with E-state index in [1.165, 1.54) is 4.88 Å². The molecule has 0 unspecified atom stereocenters. The molecule has 3 amide bonds. The summed E-state index contributed by atoms with van der Waals surface area (Å²) in [6, 6.07) is 4.29. The van der Waals surface area contributed by atoms with Crippen LogP contribution in [-0.2, 0) is 4.79 Å². The number of hydrogen-bond donors (Lipinski definition) is 2. The first kappa shape index (κ1) is 17.7. The molecule has 0 aromatic carbocycles. The number of rotatable bonds is 6. The van der Waals surface area contributed by atoms with Gasteiger partial charge in [0.15, 0.2) is 0 Å². The molecule has 1 aliphatic rings. The third kappa shape index (κ3) is 5.21. The molecule has 0 aliphatic carbocycles. The first-order valence-electron chi connectivity index (χ1n) is 7.98. The van der Waals surface area contributed by atoms with Crippen LogP contribution >= 0.6 is 11.3 Å². The van der Waals surface area contributed by atoms with E-state index in [1.807, 2.05) is 25.1 Å². The molecule has 0 radical (unpaired) electrons. The molecule has 0 bridgehead atoms. The number of piperidine rings is 1. The summed E-state index contributed by atoms with van der Waals surface area (Å²) in [5.74, 6) is 0.0647. The topological polar surface area (TPSA) is 78.7 Å². The Labute approximate surface area is 141 Å². The Morgan fingerprint density at radius 2 is 2.13 bits per heavy atom. The second-order valence-corrected chi connectivity index (χ2v) is 7.26. The van der Waals surface area contributed by atoms with Crippen molar-refractivity contribution in [1.82, 2.24) is 15.1 Å². The van der Waals surface area contributed by atoms with Crippen LogP contribution < -0.4 is 11.1 Å². The predicted octanol–water partition coefficient (Wildman–Crippen LogP) is 1.65. The summed E-state index contributed by atoms with van der Waals surface area (Å²) in [4.78, 5) is 28.5. The summed E-state index contributed by atoms with van der Waals surface area (Å²) in [7, 11) is 4.04.